The van der Waals surface area contributed by atoms with E-state index < -0.39 is 0 Å². The van der Waals surface area contributed by atoms with Gasteiger partial charge in [0.15, 0.2) is 0 Å². The lowest BCUT2D eigenvalue weighted by Crippen LogP contribution is -2.38. The third kappa shape index (κ3) is 1.38. The van der Waals surface area contributed by atoms with Crippen molar-refractivity contribution in [3.05, 3.63) is 0 Å². The van der Waals surface area contributed by atoms with Crippen LogP contribution >= 0.6 is 0 Å². The average Bonchev–Trinajstić information content (AvgIpc) is 1.82. The fourth-order valence-corrected chi connectivity index (χ4v) is 3.98. The molecular formula is C10H20O2. The van der Waals surface area contributed by atoms with Crippen molar-refractivity contribution in [3.63, 3.8) is 0 Å². The SMILES string of the molecule is C1C2CC3CC1CC(C2)C3.O.O. The molecule has 0 heterocycles. The van der Waals surface area contributed by atoms with Gasteiger partial charge in [-0.15, -0.1) is 0 Å². The Hall–Kier alpha value is -0.0800. The molecule has 0 aromatic carbocycles. The summed E-state index contributed by atoms with van der Waals surface area (Å²) in [6.07, 6.45) is 9.62. The van der Waals surface area contributed by atoms with Crippen LogP contribution in [0.2, 0.25) is 0 Å². The first-order valence-electron chi connectivity index (χ1n) is 4.90. The Morgan fingerprint density at radius 1 is 0.417 bits per heavy atom. The van der Waals surface area contributed by atoms with Crippen LogP contribution in [0.15, 0.2) is 0 Å². The van der Waals surface area contributed by atoms with E-state index in [1.54, 1.807) is 38.5 Å². The zero-order chi connectivity index (χ0) is 6.55. The molecule has 72 valence electrons. The summed E-state index contributed by atoms with van der Waals surface area (Å²) in [5.74, 6) is 4.71. The summed E-state index contributed by atoms with van der Waals surface area (Å²) in [4.78, 5) is 0. The van der Waals surface area contributed by atoms with Gasteiger partial charge in [0.1, 0.15) is 0 Å². The van der Waals surface area contributed by atoms with Crippen molar-refractivity contribution in [1.29, 1.82) is 0 Å². The Bertz CT molecular complexity index is 99.4. The Kier molecular flexibility index (Phi) is 2.79. The van der Waals surface area contributed by atoms with Crippen molar-refractivity contribution in [2.24, 2.45) is 23.7 Å². The zero-order valence-corrected chi connectivity index (χ0v) is 7.55. The quantitative estimate of drug-likeness (QED) is 0.527. The fraction of sp³-hybridized carbons (Fsp3) is 1.00. The smallest absolute Gasteiger partial charge is 0.0406 e. The molecule has 0 aromatic rings. The molecule has 4 aliphatic carbocycles. The molecule has 4 bridgehead atoms. The van der Waals surface area contributed by atoms with Crippen molar-refractivity contribution in [2.75, 3.05) is 0 Å². The lowest BCUT2D eigenvalue weighted by atomic mass is 9.56. The molecule has 0 aliphatic heterocycles. The van der Waals surface area contributed by atoms with Crippen molar-refractivity contribution in [2.45, 2.75) is 38.5 Å². The fourth-order valence-electron chi connectivity index (χ4n) is 3.98. The third-order valence-corrected chi connectivity index (χ3v) is 4.00. The topological polar surface area (TPSA) is 63.0 Å². The highest BCUT2D eigenvalue weighted by atomic mass is 16.0. The van der Waals surface area contributed by atoms with Crippen LogP contribution in [0.4, 0.5) is 0 Å². The molecule has 0 saturated heterocycles. The monoisotopic (exact) mass is 172 g/mol. The average molecular weight is 172 g/mol. The largest absolute Gasteiger partial charge is 0.412 e. The van der Waals surface area contributed by atoms with Crippen LogP contribution in [0, 0.1) is 23.7 Å². The third-order valence-electron chi connectivity index (χ3n) is 4.00. The predicted molar refractivity (Wildman–Crippen MR) is 48.9 cm³/mol. The second-order valence-electron chi connectivity index (χ2n) is 4.88. The molecule has 4 rings (SSSR count). The summed E-state index contributed by atoms with van der Waals surface area (Å²) in [6.45, 7) is 0. The number of hydrogen-bond donors (Lipinski definition) is 0. The highest BCUT2D eigenvalue weighted by molar-refractivity contribution is 4.92. The van der Waals surface area contributed by atoms with Crippen LogP contribution in [-0.4, -0.2) is 11.0 Å². The van der Waals surface area contributed by atoms with E-state index in [0.717, 1.165) is 0 Å². The van der Waals surface area contributed by atoms with Gasteiger partial charge in [-0.25, -0.2) is 0 Å². The van der Waals surface area contributed by atoms with Gasteiger partial charge in [-0.1, -0.05) is 0 Å². The molecular weight excluding hydrogens is 152 g/mol. The standard InChI is InChI=1S/C10H16.2H2O/c1-7-2-9-4-8(1)5-10(3-7)6-9;;/h7-10H,1-6H2;2*1H2. The molecule has 0 aromatic heterocycles. The maximum Gasteiger partial charge on any atom is -0.0406 e. The second-order valence-corrected chi connectivity index (χ2v) is 4.88. The second kappa shape index (κ2) is 3.35. The molecule has 0 spiro atoms. The zero-order valence-electron chi connectivity index (χ0n) is 7.55. The van der Waals surface area contributed by atoms with Gasteiger partial charge in [0.25, 0.3) is 0 Å². The minimum Gasteiger partial charge on any atom is -0.412 e. The van der Waals surface area contributed by atoms with E-state index in [9.17, 15) is 0 Å². The minimum atomic E-state index is 0. The Labute approximate surface area is 74.0 Å². The molecule has 0 amide bonds. The highest BCUT2D eigenvalue weighted by Crippen LogP contribution is 2.53. The van der Waals surface area contributed by atoms with Crippen LogP contribution in [0.1, 0.15) is 38.5 Å². The number of rotatable bonds is 0. The van der Waals surface area contributed by atoms with Gasteiger partial charge in [0.05, 0.1) is 0 Å². The summed E-state index contributed by atoms with van der Waals surface area (Å²) in [5.41, 5.74) is 0. The van der Waals surface area contributed by atoms with Gasteiger partial charge in [-0.3, -0.25) is 0 Å². The van der Waals surface area contributed by atoms with Gasteiger partial charge < -0.3 is 11.0 Å². The minimum absolute atomic E-state index is 0. The van der Waals surface area contributed by atoms with E-state index >= 15 is 0 Å². The van der Waals surface area contributed by atoms with Gasteiger partial charge in [-0.05, 0) is 62.2 Å². The van der Waals surface area contributed by atoms with E-state index in [-0.39, 0.29) is 11.0 Å². The van der Waals surface area contributed by atoms with Crippen LogP contribution in [0.5, 0.6) is 0 Å². The lowest BCUT2D eigenvalue weighted by Gasteiger charge is -2.49. The van der Waals surface area contributed by atoms with Crippen molar-refractivity contribution in [1.82, 2.24) is 0 Å². The summed E-state index contributed by atoms with van der Waals surface area (Å²) < 4.78 is 0. The Morgan fingerprint density at radius 3 is 0.750 bits per heavy atom. The molecule has 0 unspecified atom stereocenters. The molecule has 4 fully saturated rings. The van der Waals surface area contributed by atoms with E-state index in [4.69, 9.17) is 0 Å². The summed E-state index contributed by atoms with van der Waals surface area (Å²) in [6, 6.07) is 0. The Morgan fingerprint density at radius 2 is 0.583 bits per heavy atom. The van der Waals surface area contributed by atoms with E-state index in [0.29, 0.717) is 0 Å². The summed E-state index contributed by atoms with van der Waals surface area (Å²) in [5, 5.41) is 0. The predicted octanol–water partition coefficient (Wildman–Crippen LogP) is 1.18. The normalized spacial score (nSPS) is 48.0. The molecule has 2 heteroatoms. The van der Waals surface area contributed by atoms with Crippen LogP contribution < -0.4 is 0 Å². The molecule has 0 atom stereocenters. The first-order valence-corrected chi connectivity index (χ1v) is 4.90. The van der Waals surface area contributed by atoms with Gasteiger partial charge in [-0.2, -0.15) is 0 Å². The molecule has 2 nitrogen and oxygen atoms in total. The van der Waals surface area contributed by atoms with Crippen LogP contribution in [0.3, 0.4) is 0 Å². The van der Waals surface area contributed by atoms with Gasteiger partial charge in [0, 0.05) is 0 Å². The lowest BCUT2D eigenvalue weighted by molar-refractivity contribution is 0.0198. The van der Waals surface area contributed by atoms with Crippen molar-refractivity contribution >= 4 is 0 Å². The van der Waals surface area contributed by atoms with E-state index in [2.05, 4.69) is 0 Å². The van der Waals surface area contributed by atoms with Crippen molar-refractivity contribution in [3.8, 4) is 0 Å². The molecule has 4 saturated carbocycles. The first kappa shape index (κ1) is 10.0. The molecule has 4 aliphatic rings. The maximum atomic E-state index is 1.60. The summed E-state index contributed by atoms with van der Waals surface area (Å²) >= 11 is 0. The number of hydrogen-bond acceptors (Lipinski definition) is 0. The first-order chi connectivity index (χ1) is 4.90. The van der Waals surface area contributed by atoms with Gasteiger partial charge >= 0.3 is 0 Å². The van der Waals surface area contributed by atoms with E-state index in [1.807, 2.05) is 0 Å². The van der Waals surface area contributed by atoms with Crippen LogP contribution in [0.25, 0.3) is 0 Å². The highest BCUT2D eigenvalue weighted by Gasteiger charge is 2.41. The molecule has 0 radical (unpaired) electrons. The van der Waals surface area contributed by atoms with Crippen molar-refractivity contribution < 1.29 is 11.0 Å². The van der Waals surface area contributed by atoms with E-state index in [1.165, 1.54) is 23.7 Å². The Balaban J connectivity index is 0.000000360. The maximum absolute atomic E-state index is 1.60. The van der Waals surface area contributed by atoms with Crippen LogP contribution in [-0.2, 0) is 0 Å². The molecule has 4 N–H and O–H groups in total. The molecule has 12 heavy (non-hydrogen) atoms. The van der Waals surface area contributed by atoms with Gasteiger partial charge in [0.2, 0.25) is 0 Å². The summed E-state index contributed by atoms with van der Waals surface area (Å²) in [7, 11) is 0.